The minimum atomic E-state index is 0.524. The van der Waals surface area contributed by atoms with E-state index in [2.05, 4.69) is 57.6 Å². The maximum absolute atomic E-state index is 4.63. The first-order valence-corrected chi connectivity index (χ1v) is 11.4. The third-order valence-corrected chi connectivity index (χ3v) is 7.64. The van der Waals surface area contributed by atoms with E-state index in [1.807, 2.05) is 11.3 Å². The minimum absolute atomic E-state index is 0.524. The van der Waals surface area contributed by atoms with E-state index in [0.29, 0.717) is 12.1 Å². The largest absolute Gasteiger partial charge is 0.367 e. The lowest BCUT2D eigenvalue weighted by Crippen LogP contribution is -2.38. The molecule has 2 aromatic heterocycles. The Bertz CT molecular complexity index is 944. The van der Waals surface area contributed by atoms with Gasteiger partial charge >= 0.3 is 0 Å². The maximum Gasteiger partial charge on any atom is 0.138 e. The summed E-state index contributed by atoms with van der Waals surface area (Å²) in [5.74, 6) is 1.07. The Morgan fingerprint density at radius 1 is 1.07 bits per heavy atom. The van der Waals surface area contributed by atoms with Crippen molar-refractivity contribution in [2.45, 2.75) is 63.6 Å². The fraction of sp³-hybridized carbons (Fsp3) is 0.478. The smallest absolute Gasteiger partial charge is 0.138 e. The first kappa shape index (κ1) is 18.1. The van der Waals surface area contributed by atoms with E-state index in [1.54, 1.807) is 6.33 Å². The van der Waals surface area contributed by atoms with Gasteiger partial charge in [-0.25, -0.2) is 9.97 Å². The van der Waals surface area contributed by atoms with Crippen molar-refractivity contribution < 1.29 is 0 Å². The maximum atomic E-state index is 4.63. The molecule has 2 aliphatic carbocycles. The highest BCUT2D eigenvalue weighted by Crippen LogP contribution is 2.39. The van der Waals surface area contributed by atoms with Crippen LogP contribution in [-0.2, 0) is 19.4 Å². The summed E-state index contributed by atoms with van der Waals surface area (Å²) in [6.07, 6.45) is 10.3. The molecule has 1 aromatic carbocycles. The van der Waals surface area contributed by atoms with Crippen LogP contribution in [0.15, 0.2) is 36.7 Å². The summed E-state index contributed by atoms with van der Waals surface area (Å²) in [6, 6.07) is 12.0. The standard InChI is InChI=1S/C23H28N4S/c1-27(14-16-6-3-2-4-7-16)18-12-10-17(11-13-18)26-22-21-19-8-5-9-20(19)28-23(21)25-15-24-22/h2-4,6-7,15,17-18H,5,8-14H2,1H3,(H,24,25,26)/t17-,18-. The predicted molar refractivity (Wildman–Crippen MR) is 117 cm³/mol. The number of benzene rings is 1. The number of nitrogens with zero attached hydrogens (tertiary/aromatic N) is 3. The molecule has 0 atom stereocenters. The van der Waals surface area contributed by atoms with E-state index in [0.717, 1.165) is 12.4 Å². The van der Waals surface area contributed by atoms with E-state index in [4.69, 9.17) is 0 Å². The number of hydrogen-bond acceptors (Lipinski definition) is 5. The second-order valence-corrected chi connectivity index (χ2v) is 9.39. The van der Waals surface area contributed by atoms with E-state index < -0.39 is 0 Å². The molecule has 0 amide bonds. The lowest BCUT2D eigenvalue weighted by atomic mass is 9.90. The molecule has 3 aromatic rings. The van der Waals surface area contributed by atoms with Crippen molar-refractivity contribution in [3.05, 3.63) is 52.7 Å². The number of aromatic nitrogens is 2. The van der Waals surface area contributed by atoms with Crippen LogP contribution in [0.4, 0.5) is 5.82 Å². The second kappa shape index (κ2) is 7.80. The highest BCUT2D eigenvalue weighted by Gasteiger charge is 2.26. The first-order chi connectivity index (χ1) is 13.8. The quantitative estimate of drug-likeness (QED) is 0.661. The number of hydrogen-bond donors (Lipinski definition) is 1. The molecule has 28 heavy (non-hydrogen) atoms. The number of fused-ring (bicyclic) bond motifs is 3. The van der Waals surface area contributed by atoms with Gasteiger partial charge < -0.3 is 5.32 Å². The molecule has 4 nitrogen and oxygen atoms in total. The lowest BCUT2D eigenvalue weighted by molar-refractivity contribution is 0.179. The van der Waals surface area contributed by atoms with Gasteiger partial charge in [-0.3, -0.25) is 4.90 Å². The summed E-state index contributed by atoms with van der Waals surface area (Å²) in [7, 11) is 2.27. The third kappa shape index (κ3) is 3.53. The molecule has 5 heteroatoms. The lowest BCUT2D eigenvalue weighted by Gasteiger charge is -2.35. The average molecular weight is 393 g/mol. The van der Waals surface area contributed by atoms with Crippen molar-refractivity contribution in [1.82, 2.24) is 14.9 Å². The SMILES string of the molecule is CN(Cc1ccccc1)[C@H]1CC[C@H](Nc2ncnc3sc4c(c23)CCC4)CC1. The van der Waals surface area contributed by atoms with Gasteiger partial charge in [0, 0.05) is 23.5 Å². The predicted octanol–water partition coefficient (Wildman–Crippen LogP) is 5.04. The molecular formula is C23H28N4S. The molecule has 0 saturated heterocycles. The Morgan fingerprint density at radius 3 is 2.71 bits per heavy atom. The van der Waals surface area contributed by atoms with Gasteiger partial charge in [0.1, 0.15) is 17.0 Å². The van der Waals surface area contributed by atoms with Gasteiger partial charge in [-0.1, -0.05) is 30.3 Å². The highest BCUT2D eigenvalue weighted by molar-refractivity contribution is 7.19. The Morgan fingerprint density at radius 2 is 1.89 bits per heavy atom. The van der Waals surface area contributed by atoms with Gasteiger partial charge in [0.05, 0.1) is 5.39 Å². The molecule has 1 saturated carbocycles. The molecule has 1 fully saturated rings. The summed E-state index contributed by atoms with van der Waals surface area (Å²) >= 11 is 1.87. The van der Waals surface area contributed by atoms with Crippen LogP contribution in [0.3, 0.4) is 0 Å². The first-order valence-electron chi connectivity index (χ1n) is 10.5. The van der Waals surface area contributed by atoms with E-state index in [-0.39, 0.29) is 0 Å². The Labute approximate surface area is 171 Å². The highest BCUT2D eigenvalue weighted by atomic mass is 32.1. The molecular weight excluding hydrogens is 364 g/mol. The van der Waals surface area contributed by atoms with E-state index >= 15 is 0 Å². The summed E-state index contributed by atoms with van der Waals surface area (Å²) in [5.41, 5.74) is 2.92. The van der Waals surface area contributed by atoms with Crippen LogP contribution >= 0.6 is 11.3 Å². The van der Waals surface area contributed by atoms with Gasteiger partial charge in [-0.05, 0) is 63.1 Å². The molecule has 0 spiro atoms. The van der Waals surface area contributed by atoms with Crippen LogP contribution in [0.2, 0.25) is 0 Å². The summed E-state index contributed by atoms with van der Waals surface area (Å²) in [4.78, 5) is 14.4. The van der Waals surface area contributed by atoms with Crippen molar-refractivity contribution in [1.29, 1.82) is 0 Å². The zero-order valence-electron chi connectivity index (χ0n) is 16.5. The Kier molecular flexibility index (Phi) is 5.03. The van der Waals surface area contributed by atoms with Crippen molar-refractivity contribution >= 4 is 27.4 Å². The van der Waals surface area contributed by atoms with Crippen LogP contribution in [0.5, 0.6) is 0 Å². The number of anilines is 1. The van der Waals surface area contributed by atoms with Gasteiger partial charge in [-0.15, -0.1) is 11.3 Å². The van der Waals surface area contributed by atoms with Crippen molar-refractivity contribution in [2.75, 3.05) is 12.4 Å². The molecule has 0 aliphatic heterocycles. The van der Waals surface area contributed by atoms with Crippen LogP contribution in [0.25, 0.3) is 10.2 Å². The summed E-state index contributed by atoms with van der Waals surface area (Å²) in [6.45, 7) is 1.04. The van der Waals surface area contributed by atoms with Crippen LogP contribution in [-0.4, -0.2) is 34.0 Å². The second-order valence-electron chi connectivity index (χ2n) is 8.31. The summed E-state index contributed by atoms with van der Waals surface area (Å²) < 4.78 is 0. The fourth-order valence-corrected chi connectivity index (χ4v) is 6.12. The monoisotopic (exact) mass is 392 g/mol. The zero-order valence-corrected chi connectivity index (χ0v) is 17.3. The molecule has 0 radical (unpaired) electrons. The van der Waals surface area contributed by atoms with Crippen molar-refractivity contribution in [3.8, 4) is 0 Å². The fourth-order valence-electron chi connectivity index (χ4n) is 4.89. The summed E-state index contributed by atoms with van der Waals surface area (Å²) in [5, 5.41) is 5.09. The topological polar surface area (TPSA) is 41.0 Å². The number of rotatable bonds is 5. The molecule has 2 heterocycles. The number of nitrogens with one attached hydrogen (secondary N) is 1. The van der Waals surface area contributed by atoms with Crippen LogP contribution in [0, 0.1) is 0 Å². The van der Waals surface area contributed by atoms with Gasteiger partial charge in [0.2, 0.25) is 0 Å². The van der Waals surface area contributed by atoms with Crippen LogP contribution < -0.4 is 5.32 Å². The Hall–Kier alpha value is -1.98. The van der Waals surface area contributed by atoms with Crippen LogP contribution in [0.1, 0.15) is 48.1 Å². The van der Waals surface area contributed by atoms with E-state index in [9.17, 15) is 0 Å². The van der Waals surface area contributed by atoms with Gasteiger partial charge in [0.25, 0.3) is 0 Å². The number of aryl methyl sites for hydroxylation is 2. The molecule has 1 N–H and O–H groups in total. The molecule has 146 valence electrons. The average Bonchev–Trinajstić information content (AvgIpc) is 3.31. The van der Waals surface area contributed by atoms with Gasteiger partial charge in [-0.2, -0.15) is 0 Å². The zero-order chi connectivity index (χ0) is 18.9. The third-order valence-electron chi connectivity index (χ3n) is 6.44. The Balaban J connectivity index is 1.23. The van der Waals surface area contributed by atoms with Gasteiger partial charge in [0.15, 0.2) is 0 Å². The normalized spacial score (nSPS) is 21.9. The van der Waals surface area contributed by atoms with Crippen molar-refractivity contribution in [2.24, 2.45) is 0 Å². The van der Waals surface area contributed by atoms with E-state index in [1.165, 1.54) is 71.2 Å². The molecule has 2 aliphatic rings. The molecule has 0 bridgehead atoms. The number of thiophene rings is 1. The van der Waals surface area contributed by atoms with Crippen molar-refractivity contribution in [3.63, 3.8) is 0 Å². The molecule has 5 rings (SSSR count). The molecule has 0 unspecified atom stereocenters. The minimum Gasteiger partial charge on any atom is -0.367 e.